The van der Waals surface area contributed by atoms with E-state index in [-0.39, 0.29) is 5.75 Å². The highest BCUT2D eigenvalue weighted by Gasteiger charge is 2.30. The van der Waals surface area contributed by atoms with Gasteiger partial charge in [0.25, 0.3) is 0 Å². The van der Waals surface area contributed by atoms with Crippen molar-refractivity contribution in [3.8, 4) is 11.8 Å². The van der Waals surface area contributed by atoms with Gasteiger partial charge in [-0.3, -0.25) is 0 Å². The zero-order valence-corrected chi connectivity index (χ0v) is 23.0. The van der Waals surface area contributed by atoms with Crippen molar-refractivity contribution < 1.29 is 9.84 Å². The highest BCUT2D eigenvalue weighted by molar-refractivity contribution is 5.95. The van der Waals surface area contributed by atoms with Gasteiger partial charge in [-0.25, -0.2) is 4.98 Å². The molecule has 1 atom stereocenters. The molecule has 1 N–H and O–H groups in total. The Morgan fingerprint density at radius 1 is 1.07 bits per heavy atom. The number of phenolic OH excluding ortho intramolecular Hbond substituents is 1. The molecule has 9 heteroatoms. The summed E-state index contributed by atoms with van der Waals surface area (Å²) >= 11 is 0. The molecule has 4 aromatic rings. The Bertz CT molecular complexity index is 1580. The Balaban J connectivity index is 1.24. The van der Waals surface area contributed by atoms with Crippen molar-refractivity contribution in [1.29, 1.82) is 0 Å². The van der Waals surface area contributed by atoms with Crippen LogP contribution in [0.25, 0.3) is 16.8 Å². The summed E-state index contributed by atoms with van der Waals surface area (Å²) in [5.41, 5.74) is 4.36. The molecule has 0 unspecified atom stereocenters. The second-order valence-corrected chi connectivity index (χ2v) is 11.1. The SMILES string of the molecule is C=Cc1ncc2n1CCN(c1nc(OC[C@@H]3CCCN3C)nc3c1CCN(c1cc(O)cc4ccccc14)C3)C2. The van der Waals surface area contributed by atoms with Gasteiger partial charge in [0.05, 0.1) is 30.7 Å². The molecule has 1 fully saturated rings. The fourth-order valence-electron chi connectivity index (χ4n) is 6.47. The molecular weight excluding hydrogens is 502 g/mol. The lowest BCUT2D eigenvalue weighted by Crippen LogP contribution is -2.38. The van der Waals surface area contributed by atoms with Gasteiger partial charge in [-0.15, -0.1) is 0 Å². The minimum absolute atomic E-state index is 0.274. The van der Waals surface area contributed by atoms with Gasteiger partial charge in [0.15, 0.2) is 0 Å². The monoisotopic (exact) mass is 537 g/mol. The summed E-state index contributed by atoms with van der Waals surface area (Å²) in [6.07, 6.45) is 6.90. The van der Waals surface area contributed by atoms with Crippen LogP contribution in [0.4, 0.5) is 11.5 Å². The summed E-state index contributed by atoms with van der Waals surface area (Å²) in [6, 6.07) is 12.7. The fourth-order valence-corrected chi connectivity index (χ4v) is 6.47. The molecule has 0 radical (unpaired) electrons. The normalized spacial score (nSPS) is 19.1. The molecule has 7 rings (SSSR count). The summed E-state index contributed by atoms with van der Waals surface area (Å²) in [6.45, 7) is 9.45. The third-order valence-corrected chi connectivity index (χ3v) is 8.66. The van der Waals surface area contributed by atoms with Crippen molar-refractivity contribution in [2.45, 2.75) is 44.9 Å². The molecule has 0 aliphatic carbocycles. The van der Waals surface area contributed by atoms with Gasteiger partial charge in [0, 0.05) is 48.4 Å². The van der Waals surface area contributed by atoms with E-state index in [0.29, 0.717) is 25.2 Å². The zero-order valence-electron chi connectivity index (χ0n) is 23.0. The number of anilines is 2. The highest BCUT2D eigenvalue weighted by atomic mass is 16.5. The Morgan fingerprint density at radius 3 is 2.83 bits per heavy atom. The Kier molecular flexibility index (Phi) is 6.31. The third kappa shape index (κ3) is 4.44. The van der Waals surface area contributed by atoms with Crippen LogP contribution >= 0.6 is 0 Å². The Morgan fingerprint density at radius 2 is 1.98 bits per heavy atom. The van der Waals surface area contributed by atoms with Crippen molar-refractivity contribution in [1.82, 2.24) is 24.4 Å². The van der Waals surface area contributed by atoms with E-state index in [1.165, 1.54) is 12.0 Å². The maximum atomic E-state index is 10.5. The van der Waals surface area contributed by atoms with Gasteiger partial charge in [-0.05, 0) is 50.4 Å². The Hall–Kier alpha value is -4.11. The van der Waals surface area contributed by atoms with Gasteiger partial charge in [0.2, 0.25) is 0 Å². The Labute approximate surface area is 234 Å². The number of rotatable bonds is 6. The van der Waals surface area contributed by atoms with E-state index in [2.05, 4.69) is 43.9 Å². The van der Waals surface area contributed by atoms with Crippen LogP contribution in [-0.2, 0) is 26.1 Å². The lowest BCUT2D eigenvalue weighted by atomic mass is 10.0. The van der Waals surface area contributed by atoms with E-state index in [1.807, 2.05) is 42.6 Å². The van der Waals surface area contributed by atoms with Gasteiger partial charge < -0.3 is 29.1 Å². The van der Waals surface area contributed by atoms with Crippen molar-refractivity contribution >= 4 is 28.4 Å². The average Bonchev–Trinajstić information content (AvgIpc) is 3.59. The number of aromatic hydroxyl groups is 1. The first kappa shape index (κ1) is 24.9. The van der Waals surface area contributed by atoms with Crippen molar-refractivity contribution in [3.05, 3.63) is 71.9 Å². The maximum Gasteiger partial charge on any atom is 0.318 e. The first-order valence-corrected chi connectivity index (χ1v) is 14.2. The van der Waals surface area contributed by atoms with Gasteiger partial charge in [-0.2, -0.15) is 9.97 Å². The second-order valence-electron chi connectivity index (χ2n) is 11.1. The number of likely N-dealkylation sites (tertiary alicyclic amines) is 1. The van der Waals surface area contributed by atoms with E-state index in [0.717, 1.165) is 85.1 Å². The number of ether oxygens (including phenoxy) is 1. The molecule has 3 aliphatic rings. The molecule has 0 spiro atoms. The van der Waals surface area contributed by atoms with Crippen LogP contribution in [-0.4, -0.2) is 68.9 Å². The van der Waals surface area contributed by atoms with Crippen LogP contribution in [0.15, 0.2) is 49.2 Å². The van der Waals surface area contributed by atoms with Crippen LogP contribution in [0, 0.1) is 0 Å². The minimum Gasteiger partial charge on any atom is -0.508 e. The fraction of sp³-hybridized carbons (Fsp3) is 0.387. The molecule has 0 saturated carbocycles. The predicted octanol–water partition coefficient (Wildman–Crippen LogP) is 4.23. The lowest BCUT2D eigenvalue weighted by molar-refractivity contribution is 0.187. The molecule has 9 nitrogen and oxygen atoms in total. The molecule has 40 heavy (non-hydrogen) atoms. The first-order valence-electron chi connectivity index (χ1n) is 14.2. The summed E-state index contributed by atoms with van der Waals surface area (Å²) in [5, 5.41) is 12.6. The number of phenols is 1. The van der Waals surface area contributed by atoms with E-state index < -0.39 is 0 Å². The van der Waals surface area contributed by atoms with Crippen molar-refractivity contribution in [2.75, 3.05) is 43.1 Å². The van der Waals surface area contributed by atoms with E-state index in [9.17, 15) is 5.11 Å². The van der Waals surface area contributed by atoms with E-state index >= 15 is 0 Å². The number of benzene rings is 2. The van der Waals surface area contributed by atoms with Crippen molar-refractivity contribution in [2.24, 2.45) is 0 Å². The van der Waals surface area contributed by atoms with Crippen LogP contribution in [0.3, 0.4) is 0 Å². The van der Waals surface area contributed by atoms with Crippen molar-refractivity contribution in [3.63, 3.8) is 0 Å². The summed E-state index contributed by atoms with van der Waals surface area (Å²) < 4.78 is 8.53. The number of hydrogen-bond donors (Lipinski definition) is 1. The smallest absolute Gasteiger partial charge is 0.318 e. The molecule has 0 bridgehead atoms. The summed E-state index contributed by atoms with van der Waals surface area (Å²) in [5.74, 6) is 2.15. The number of nitrogens with zero attached hydrogens (tertiary/aromatic N) is 7. The first-order chi connectivity index (χ1) is 19.6. The number of likely N-dealkylation sites (N-methyl/N-ethyl adjacent to an activating group) is 1. The molecule has 3 aliphatic heterocycles. The zero-order chi connectivity index (χ0) is 27.2. The lowest BCUT2D eigenvalue weighted by Gasteiger charge is -2.35. The number of aromatic nitrogens is 4. The quantitative estimate of drug-likeness (QED) is 0.391. The van der Waals surface area contributed by atoms with Gasteiger partial charge in [-0.1, -0.05) is 30.8 Å². The van der Waals surface area contributed by atoms with Gasteiger partial charge >= 0.3 is 6.01 Å². The molecular formula is C31H35N7O2. The molecule has 5 heterocycles. The van der Waals surface area contributed by atoms with Crippen LogP contribution in [0.1, 0.15) is 35.6 Å². The van der Waals surface area contributed by atoms with E-state index in [4.69, 9.17) is 14.7 Å². The average molecular weight is 538 g/mol. The minimum atomic E-state index is 0.274. The van der Waals surface area contributed by atoms with Crippen LogP contribution < -0.4 is 14.5 Å². The third-order valence-electron chi connectivity index (χ3n) is 8.66. The highest BCUT2D eigenvalue weighted by Crippen LogP contribution is 2.37. The largest absolute Gasteiger partial charge is 0.508 e. The molecule has 2 aromatic heterocycles. The molecule has 1 saturated heterocycles. The van der Waals surface area contributed by atoms with Crippen LogP contribution in [0.5, 0.6) is 11.8 Å². The maximum absolute atomic E-state index is 10.5. The predicted molar refractivity (Wildman–Crippen MR) is 157 cm³/mol. The molecule has 0 amide bonds. The topological polar surface area (TPSA) is 82.8 Å². The number of fused-ring (bicyclic) bond motifs is 3. The number of hydrogen-bond acceptors (Lipinski definition) is 8. The summed E-state index contributed by atoms with van der Waals surface area (Å²) in [4.78, 5) is 21.6. The summed E-state index contributed by atoms with van der Waals surface area (Å²) in [7, 11) is 2.16. The molecule has 2 aromatic carbocycles. The second kappa shape index (κ2) is 10.1. The van der Waals surface area contributed by atoms with Gasteiger partial charge in [0.1, 0.15) is 24.0 Å². The number of imidazole rings is 1. The van der Waals surface area contributed by atoms with Crippen LogP contribution in [0.2, 0.25) is 0 Å². The van der Waals surface area contributed by atoms with E-state index in [1.54, 1.807) is 0 Å². The standard InChI is InChI=1S/C31H35N7O2/c1-3-29-32-17-23-18-37(13-14-38(23)29)30-26-10-12-36(28-16-24(39)15-21-7-4-5-9-25(21)28)19-27(26)33-31(34-30)40-20-22-8-6-11-35(22)2/h3-5,7,9,15-17,22,39H,1,6,8,10-14,18-20H2,2H3/t22-/m0/s1. The molecule has 206 valence electrons.